The molecule has 0 bridgehead atoms. The number of ether oxygens (including phenoxy) is 2. The topological polar surface area (TPSA) is 51.7 Å². The van der Waals surface area contributed by atoms with E-state index in [1.54, 1.807) is 23.6 Å². The molecule has 0 aliphatic carbocycles. The van der Waals surface area contributed by atoms with Gasteiger partial charge >= 0.3 is 0 Å². The number of aryl methyl sites for hydroxylation is 1. The van der Waals surface area contributed by atoms with E-state index in [1.807, 2.05) is 48.8 Å². The number of aromatic nitrogens is 1. The van der Waals surface area contributed by atoms with Crippen LogP contribution in [0.3, 0.4) is 0 Å². The molecule has 0 unspecified atom stereocenters. The molecule has 0 saturated carbocycles. The molecule has 5 rings (SSSR count). The number of allylic oxidation sites excluding steroid dienone is 1. The third-order valence-corrected chi connectivity index (χ3v) is 5.94. The number of Topliss-reactive ketones (excluding diaryl/α,β-unsaturated/α-hetero) is 1. The Morgan fingerprint density at radius 2 is 2.21 bits per heavy atom. The molecule has 0 fully saturated rings. The molecular weight excluding hydrogens is 372 g/mol. The summed E-state index contributed by atoms with van der Waals surface area (Å²) >= 11 is 1.60. The van der Waals surface area contributed by atoms with Crippen LogP contribution in [0.1, 0.15) is 31.9 Å². The van der Waals surface area contributed by atoms with Crippen molar-refractivity contribution in [1.82, 2.24) is 9.88 Å². The molecule has 140 valence electrons. The zero-order chi connectivity index (χ0) is 19.1. The second kappa shape index (κ2) is 6.89. The van der Waals surface area contributed by atoms with Crippen molar-refractivity contribution in [3.8, 4) is 11.5 Å². The number of pyridine rings is 1. The van der Waals surface area contributed by atoms with E-state index < -0.39 is 0 Å². The predicted octanol–water partition coefficient (Wildman–Crippen LogP) is 4.42. The highest BCUT2D eigenvalue weighted by molar-refractivity contribution is 7.11. The SMILES string of the molecule is Cc1ccsc1/C=C1\Oc2c(ccc3c2CN(Cc2cccnc2)CO3)C1=O. The average Bonchev–Trinajstić information content (AvgIpc) is 3.26. The molecule has 4 heterocycles. The van der Waals surface area contributed by atoms with Gasteiger partial charge in [0.05, 0.1) is 11.1 Å². The maximum absolute atomic E-state index is 12.8. The molecule has 1 aromatic carbocycles. The quantitative estimate of drug-likeness (QED) is 0.620. The summed E-state index contributed by atoms with van der Waals surface area (Å²) in [6, 6.07) is 9.68. The summed E-state index contributed by atoms with van der Waals surface area (Å²) in [5.74, 6) is 1.70. The molecule has 2 aromatic heterocycles. The number of benzene rings is 1. The lowest BCUT2D eigenvalue weighted by Gasteiger charge is -2.29. The highest BCUT2D eigenvalue weighted by Crippen LogP contribution is 2.42. The summed E-state index contributed by atoms with van der Waals surface area (Å²) in [6.07, 6.45) is 5.46. The van der Waals surface area contributed by atoms with Gasteiger partial charge in [-0.25, -0.2) is 0 Å². The Bertz CT molecular complexity index is 1090. The Morgan fingerprint density at radius 3 is 3.00 bits per heavy atom. The van der Waals surface area contributed by atoms with Crippen molar-refractivity contribution in [3.63, 3.8) is 0 Å². The van der Waals surface area contributed by atoms with Crippen molar-refractivity contribution in [2.24, 2.45) is 0 Å². The van der Waals surface area contributed by atoms with Crippen molar-refractivity contribution < 1.29 is 14.3 Å². The molecular formula is C22H18N2O3S. The highest BCUT2D eigenvalue weighted by atomic mass is 32.1. The van der Waals surface area contributed by atoms with E-state index >= 15 is 0 Å². The average molecular weight is 390 g/mol. The van der Waals surface area contributed by atoms with Gasteiger partial charge in [0.25, 0.3) is 0 Å². The van der Waals surface area contributed by atoms with Gasteiger partial charge in [-0.05, 0) is 47.7 Å². The third kappa shape index (κ3) is 3.00. The van der Waals surface area contributed by atoms with Gasteiger partial charge in [0.2, 0.25) is 5.78 Å². The van der Waals surface area contributed by atoms with E-state index in [1.165, 1.54) is 0 Å². The standard InChI is InChI=1S/C22H18N2O3S/c1-14-6-8-28-20(14)9-19-21(25)16-4-5-18-17(22(16)27-19)12-24(13-26-18)11-15-3-2-7-23-10-15/h2-10H,11-13H2,1H3/b19-9-. The van der Waals surface area contributed by atoms with Gasteiger partial charge in [-0.1, -0.05) is 6.07 Å². The summed E-state index contributed by atoms with van der Waals surface area (Å²) in [7, 11) is 0. The van der Waals surface area contributed by atoms with E-state index in [2.05, 4.69) is 9.88 Å². The zero-order valence-electron chi connectivity index (χ0n) is 15.3. The Kier molecular flexibility index (Phi) is 4.22. The molecule has 2 aliphatic rings. The number of hydrogen-bond donors (Lipinski definition) is 0. The van der Waals surface area contributed by atoms with Gasteiger partial charge in [-0.15, -0.1) is 11.3 Å². The van der Waals surface area contributed by atoms with Gasteiger partial charge in [-0.2, -0.15) is 0 Å². The number of hydrogen-bond acceptors (Lipinski definition) is 6. The summed E-state index contributed by atoms with van der Waals surface area (Å²) in [6.45, 7) is 3.90. The Balaban J connectivity index is 1.45. The lowest BCUT2D eigenvalue weighted by molar-refractivity contribution is 0.0872. The maximum Gasteiger partial charge on any atom is 0.232 e. The van der Waals surface area contributed by atoms with Gasteiger partial charge in [0, 0.05) is 36.4 Å². The van der Waals surface area contributed by atoms with Crippen LogP contribution >= 0.6 is 11.3 Å². The molecule has 0 amide bonds. The van der Waals surface area contributed by atoms with E-state index in [0.717, 1.165) is 33.9 Å². The van der Waals surface area contributed by atoms with Crippen LogP contribution in [0.4, 0.5) is 0 Å². The number of nitrogens with zero attached hydrogens (tertiary/aromatic N) is 2. The van der Waals surface area contributed by atoms with Gasteiger partial charge in [0.15, 0.2) is 5.76 Å². The first-order valence-corrected chi connectivity index (χ1v) is 9.95. The minimum absolute atomic E-state index is 0.0741. The Labute approximate surface area is 166 Å². The van der Waals surface area contributed by atoms with Crippen LogP contribution in [0.15, 0.2) is 53.9 Å². The molecule has 3 aromatic rings. The highest BCUT2D eigenvalue weighted by Gasteiger charge is 2.33. The maximum atomic E-state index is 12.8. The Morgan fingerprint density at radius 1 is 1.29 bits per heavy atom. The first kappa shape index (κ1) is 17.2. The second-order valence-corrected chi connectivity index (χ2v) is 7.90. The molecule has 0 N–H and O–H groups in total. The second-order valence-electron chi connectivity index (χ2n) is 6.95. The minimum Gasteiger partial charge on any atom is -0.478 e. The summed E-state index contributed by atoms with van der Waals surface area (Å²) in [5, 5.41) is 2.01. The minimum atomic E-state index is -0.0741. The number of ketones is 1. The predicted molar refractivity (Wildman–Crippen MR) is 107 cm³/mol. The van der Waals surface area contributed by atoms with Crippen LogP contribution < -0.4 is 9.47 Å². The van der Waals surface area contributed by atoms with Crippen LogP contribution in [0, 0.1) is 6.92 Å². The normalized spacial score (nSPS) is 17.2. The molecule has 6 heteroatoms. The lowest BCUT2D eigenvalue weighted by atomic mass is 10.0. The smallest absolute Gasteiger partial charge is 0.232 e. The Hall–Kier alpha value is -2.96. The molecule has 0 spiro atoms. The number of carbonyl (C=O) groups is 1. The molecule has 0 saturated heterocycles. The molecule has 2 aliphatic heterocycles. The van der Waals surface area contributed by atoms with E-state index in [-0.39, 0.29) is 5.78 Å². The largest absolute Gasteiger partial charge is 0.478 e. The zero-order valence-corrected chi connectivity index (χ0v) is 16.2. The van der Waals surface area contributed by atoms with E-state index in [0.29, 0.717) is 30.3 Å². The van der Waals surface area contributed by atoms with Gasteiger partial charge < -0.3 is 9.47 Å². The molecule has 28 heavy (non-hydrogen) atoms. The third-order valence-electron chi connectivity index (χ3n) is 4.98. The van der Waals surface area contributed by atoms with Crippen molar-refractivity contribution in [2.45, 2.75) is 20.0 Å². The van der Waals surface area contributed by atoms with Crippen molar-refractivity contribution in [1.29, 1.82) is 0 Å². The van der Waals surface area contributed by atoms with Crippen LogP contribution in [-0.4, -0.2) is 22.4 Å². The summed E-state index contributed by atoms with van der Waals surface area (Å²) in [5.41, 5.74) is 3.78. The number of fused-ring (bicyclic) bond motifs is 3. The van der Waals surface area contributed by atoms with Crippen molar-refractivity contribution >= 4 is 23.2 Å². The fourth-order valence-electron chi connectivity index (χ4n) is 3.51. The first-order valence-electron chi connectivity index (χ1n) is 9.07. The van der Waals surface area contributed by atoms with Gasteiger partial charge in [-0.3, -0.25) is 14.7 Å². The summed E-state index contributed by atoms with van der Waals surface area (Å²) in [4.78, 5) is 20.2. The van der Waals surface area contributed by atoms with Crippen LogP contribution in [-0.2, 0) is 13.1 Å². The first-order chi connectivity index (χ1) is 13.7. The number of rotatable bonds is 3. The van der Waals surface area contributed by atoms with Crippen LogP contribution in [0.2, 0.25) is 0 Å². The van der Waals surface area contributed by atoms with Crippen LogP contribution in [0.25, 0.3) is 6.08 Å². The number of thiophene rings is 1. The molecule has 5 nitrogen and oxygen atoms in total. The summed E-state index contributed by atoms with van der Waals surface area (Å²) < 4.78 is 12.0. The van der Waals surface area contributed by atoms with E-state index in [4.69, 9.17) is 9.47 Å². The lowest BCUT2D eigenvalue weighted by Crippen LogP contribution is -2.31. The fraction of sp³-hybridized carbons (Fsp3) is 0.182. The fourth-order valence-corrected chi connectivity index (χ4v) is 4.35. The molecule has 0 radical (unpaired) electrons. The van der Waals surface area contributed by atoms with Crippen molar-refractivity contribution in [3.05, 3.63) is 81.0 Å². The monoisotopic (exact) mass is 390 g/mol. The van der Waals surface area contributed by atoms with E-state index in [9.17, 15) is 4.79 Å². The van der Waals surface area contributed by atoms with Gasteiger partial charge in [0.1, 0.15) is 18.2 Å². The number of carbonyl (C=O) groups excluding carboxylic acids is 1. The van der Waals surface area contributed by atoms with Crippen LogP contribution in [0.5, 0.6) is 11.5 Å². The van der Waals surface area contributed by atoms with Crippen molar-refractivity contribution in [2.75, 3.05) is 6.73 Å². The molecule has 0 atom stereocenters.